The second kappa shape index (κ2) is 7.26. The topological polar surface area (TPSA) is 63.1 Å². The highest BCUT2D eigenvalue weighted by Crippen LogP contribution is 2.24. The fourth-order valence-corrected chi connectivity index (χ4v) is 3.24. The van der Waals surface area contributed by atoms with Gasteiger partial charge in [0, 0.05) is 32.6 Å². The van der Waals surface area contributed by atoms with Crippen molar-refractivity contribution in [2.75, 3.05) is 25.9 Å². The van der Waals surface area contributed by atoms with Crippen LogP contribution in [0.15, 0.2) is 5.16 Å². The van der Waals surface area contributed by atoms with E-state index in [-0.39, 0.29) is 11.9 Å². The molecule has 21 heavy (non-hydrogen) atoms. The Bertz CT molecular complexity index is 482. The van der Waals surface area contributed by atoms with Gasteiger partial charge in [-0.2, -0.15) is 0 Å². The third-order valence-electron chi connectivity index (χ3n) is 4.02. The minimum Gasteiger partial charge on any atom is -0.343 e. The molecule has 6 nitrogen and oxygen atoms in total. The molecular weight excluding hydrogens is 286 g/mol. The molecule has 1 amide bonds. The van der Waals surface area contributed by atoms with Gasteiger partial charge in [0.25, 0.3) is 0 Å². The van der Waals surface area contributed by atoms with Crippen molar-refractivity contribution in [1.82, 2.24) is 25.0 Å². The number of nitrogens with one attached hydrogen (secondary N) is 1. The zero-order valence-electron chi connectivity index (χ0n) is 13.3. The monoisotopic (exact) mass is 311 g/mol. The molecule has 1 aromatic heterocycles. The Labute approximate surface area is 130 Å². The average Bonchev–Trinajstić information content (AvgIpc) is 2.85. The summed E-state index contributed by atoms with van der Waals surface area (Å²) in [5.41, 5.74) is 0. The Morgan fingerprint density at radius 3 is 2.90 bits per heavy atom. The molecule has 1 N–H and O–H groups in total. The first-order chi connectivity index (χ1) is 10.0. The van der Waals surface area contributed by atoms with Gasteiger partial charge in [0.2, 0.25) is 5.91 Å². The smallest absolute Gasteiger partial charge is 0.233 e. The normalized spacial score (nSPS) is 19.0. The fourth-order valence-electron chi connectivity index (χ4n) is 2.40. The van der Waals surface area contributed by atoms with Crippen molar-refractivity contribution >= 4 is 17.7 Å². The molecule has 1 unspecified atom stereocenters. The molecular formula is C14H25N5OS. The molecule has 0 radical (unpaired) electrons. The number of nitrogens with zero attached hydrogens (tertiary/aromatic N) is 4. The van der Waals surface area contributed by atoms with Gasteiger partial charge in [0.05, 0.1) is 5.75 Å². The van der Waals surface area contributed by atoms with E-state index in [1.165, 1.54) is 18.2 Å². The molecule has 0 saturated carbocycles. The van der Waals surface area contributed by atoms with Crippen LogP contribution in [0.25, 0.3) is 0 Å². The Morgan fingerprint density at radius 1 is 1.52 bits per heavy atom. The maximum atomic E-state index is 12.0. The van der Waals surface area contributed by atoms with Gasteiger partial charge in [-0.05, 0) is 33.2 Å². The van der Waals surface area contributed by atoms with E-state index < -0.39 is 0 Å². The molecule has 7 heteroatoms. The molecule has 2 heterocycles. The summed E-state index contributed by atoms with van der Waals surface area (Å²) >= 11 is 1.46. The van der Waals surface area contributed by atoms with Crippen LogP contribution in [-0.4, -0.2) is 57.5 Å². The number of carbonyl (C=O) groups excluding carboxylic acids is 1. The highest BCUT2D eigenvalue weighted by atomic mass is 32.2. The van der Waals surface area contributed by atoms with E-state index in [0.29, 0.717) is 11.7 Å². The molecule has 0 spiro atoms. The predicted octanol–water partition coefficient (Wildman–Crippen LogP) is 1.24. The van der Waals surface area contributed by atoms with E-state index >= 15 is 0 Å². The molecule has 1 fully saturated rings. The van der Waals surface area contributed by atoms with E-state index in [2.05, 4.69) is 15.5 Å². The van der Waals surface area contributed by atoms with Crippen LogP contribution in [0.4, 0.5) is 0 Å². The molecule has 1 atom stereocenters. The van der Waals surface area contributed by atoms with Crippen molar-refractivity contribution in [3.8, 4) is 0 Å². The van der Waals surface area contributed by atoms with Crippen molar-refractivity contribution in [3.05, 3.63) is 5.82 Å². The van der Waals surface area contributed by atoms with Crippen molar-refractivity contribution < 1.29 is 4.79 Å². The van der Waals surface area contributed by atoms with Crippen LogP contribution in [0.1, 0.15) is 38.4 Å². The van der Waals surface area contributed by atoms with E-state index in [1.54, 1.807) is 4.90 Å². The van der Waals surface area contributed by atoms with Gasteiger partial charge in [0.1, 0.15) is 5.82 Å². The van der Waals surface area contributed by atoms with E-state index in [9.17, 15) is 4.79 Å². The van der Waals surface area contributed by atoms with Crippen LogP contribution < -0.4 is 5.32 Å². The van der Waals surface area contributed by atoms with Gasteiger partial charge in [0.15, 0.2) is 5.16 Å². The number of amides is 1. The lowest BCUT2D eigenvalue weighted by molar-refractivity contribution is -0.128. The molecule has 1 aromatic rings. The van der Waals surface area contributed by atoms with E-state index in [1.807, 2.05) is 32.5 Å². The number of piperidine rings is 1. The van der Waals surface area contributed by atoms with Crippen molar-refractivity contribution in [2.45, 2.75) is 43.8 Å². The van der Waals surface area contributed by atoms with Crippen LogP contribution in [0.3, 0.4) is 0 Å². The van der Waals surface area contributed by atoms with Crippen LogP contribution in [0, 0.1) is 0 Å². The number of aromatic nitrogens is 3. The van der Waals surface area contributed by atoms with Gasteiger partial charge in [-0.25, -0.2) is 0 Å². The second-order valence-electron chi connectivity index (χ2n) is 5.83. The zero-order chi connectivity index (χ0) is 15.4. The molecule has 1 aliphatic rings. The molecule has 1 saturated heterocycles. The summed E-state index contributed by atoms with van der Waals surface area (Å²) in [5.74, 6) is 1.98. The van der Waals surface area contributed by atoms with Crippen molar-refractivity contribution in [2.24, 2.45) is 7.05 Å². The maximum absolute atomic E-state index is 12.0. The summed E-state index contributed by atoms with van der Waals surface area (Å²) in [6.45, 7) is 6.08. The standard InChI is InChI=1S/C14H25N5OS/c1-10(2)18(3)12(20)9-21-14-17-16-13(19(14)4)11-6-5-7-15-8-11/h10-11,15H,5-9H2,1-4H3. The van der Waals surface area contributed by atoms with E-state index in [4.69, 9.17) is 0 Å². The molecule has 0 bridgehead atoms. The Balaban J connectivity index is 1.95. The summed E-state index contributed by atoms with van der Waals surface area (Å²) in [5, 5.41) is 12.8. The summed E-state index contributed by atoms with van der Waals surface area (Å²) in [6.07, 6.45) is 2.33. The largest absolute Gasteiger partial charge is 0.343 e. The van der Waals surface area contributed by atoms with Crippen LogP contribution >= 0.6 is 11.8 Å². The second-order valence-corrected chi connectivity index (χ2v) is 6.77. The average molecular weight is 311 g/mol. The molecule has 2 rings (SSSR count). The SMILES string of the molecule is CC(C)N(C)C(=O)CSc1nnc(C2CCCNC2)n1C. The highest BCUT2D eigenvalue weighted by Gasteiger charge is 2.22. The first-order valence-corrected chi connectivity index (χ1v) is 8.47. The highest BCUT2D eigenvalue weighted by molar-refractivity contribution is 7.99. The Kier molecular flexibility index (Phi) is 5.64. The number of rotatable bonds is 5. The molecule has 118 valence electrons. The minimum atomic E-state index is 0.124. The Hall–Kier alpha value is -1.08. The number of thioether (sulfide) groups is 1. The first-order valence-electron chi connectivity index (χ1n) is 7.49. The van der Waals surface area contributed by atoms with Gasteiger partial charge in [-0.1, -0.05) is 11.8 Å². The Morgan fingerprint density at radius 2 is 2.29 bits per heavy atom. The fraction of sp³-hybridized carbons (Fsp3) is 0.786. The third-order valence-corrected chi connectivity index (χ3v) is 5.03. The lowest BCUT2D eigenvalue weighted by atomic mass is 9.99. The number of hydrogen-bond donors (Lipinski definition) is 1. The van der Waals surface area contributed by atoms with Crippen molar-refractivity contribution in [1.29, 1.82) is 0 Å². The molecule has 1 aliphatic heterocycles. The predicted molar refractivity (Wildman–Crippen MR) is 84.5 cm³/mol. The van der Waals surface area contributed by atoms with Gasteiger partial charge in [-0.3, -0.25) is 4.79 Å². The number of hydrogen-bond acceptors (Lipinski definition) is 5. The maximum Gasteiger partial charge on any atom is 0.233 e. The number of carbonyl (C=O) groups is 1. The van der Waals surface area contributed by atoms with Crippen LogP contribution in [0.5, 0.6) is 0 Å². The van der Waals surface area contributed by atoms with Gasteiger partial charge < -0.3 is 14.8 Å². The lowest BCUT2D eigenvalue weighted by Crippen LogP contribution is -2.34. The minimum absolute atomic E-state index is 0.124. The molecule has 0 aromatic carbocycles. The van der Waals surface area contributed by atoms with Crippen LogP contribution in [-0.2, 0) is 11.8 Å². The van der Waals surface area contributed by atoms with E-state index in [0.717, 1.165) is 30.5 Å². The van der Waals surface area contributed by atoms with Gasteiger partial charge >= 0.3 is 0 Å². The summed E-state index contributed by atoms with van der Waals surface area (Å²) in [4.78, 5) is 13.8. The third kappa shape index (κ3) is 3.97. The quantitative estimate of drug-likeness (QED) is 0.829. The van der Waals surface area contributed by atoms with Crippen molar-refractivity contribution in [3.63, 3.8) is 0 Å². The summed E-state index contributed by atoms with van der Waals surface area (Å²) < 4.78 is 2.03. The first kappa shape index (κ1) is 16.3. The summed E-state index contributed by atoms with van der Waals surface area (Å²) in [7, 11) is 3.83. The zero-order valence-corrected chi connectivity index (χ0v) is 14.1. The lowest BCUT2D eigenvalue weighted by Gasteiger charge is -2.22. The van der Waals surface area contributed by atoms with Gasteiger partial charge in [-0.15, -0.1) is 10.2 Å². The summed E-state index contributed by atoms with van der Waals surface area (Å²) in [6, 6.07) is 0.224. The molecule has 0 aliphatic carbocycles. The van der Waals surface area contributed by atoms with Crippen LogP contribution in [0.2, 0.25) is 0 Å².